The summed E-state index contributed by atoms with van der Waals surface area (Å²) in [4.78, 5) is 29.3. The number of hydrogen-bond acceptors (Lipinski definition) is 3. The Labute approximate surface area is 151 Å². The third kappa shape index (κ3) is 3.44. The molecule has 4 fully saturated rings. The molecular formula is C20H33N3O2. The molecule has 25 heavy (non-hydrogen) atoms. The van der Waals surface area contributed by atoms with Crippen LogP contribution in [0.2, 0.25) is 0 Å². The summed E-state index contributed by atoms with van der Waals surface area (Å²) in [5.41, 5.74) is 6.33. The molecule has 1 heterocycles. The zero-order chi connectivity index (χ0) is 17.4. The van der Waals surface area contributed by atoms with Gasteiger partial charge >= 0.3 is 0 Å². The van der Waals surface area contributed by atoms with Gasteiger partial charge in [0.05, 0.1) is 5.92 Å². The first-order chi connectivity index (χ1) is 12.1. The third-order valence-corrected chi connectivity index (χ3v) is 7.45. The molecule has 3 aliphatic carbocycles. The average molecular weight is 348 g/mol. The summed E-state index contributed by atoms with van der Waals surface area (Å²) in [6.45, 7) is 2.78. The highest BCUT2D eigenvalue weighted by Gasteiger charge is 2.50. The van der Waals surface area contributed by atoms with Crippen molar-refractivity contribution in [3.63, 3.8) is 0 Å². The fourth-order valence-corrected chi connectivity index (χ4v) is 5.87. The quantitative estimate of drug-likeness (QED) is 0.846. The van der Waals surface area contributed by atoms with Crippen molar-refractivity contribution in [1.82, 2.24) is 9.80 Å². The van der Waals surface area contributed by atoms with E-state index in [1.807, 2.05) is 9.80 Å². The third-order valence-electron chi connectivity index (χ3n) is 7.45. The molecule has 2 amide bonds. The van der Waals surface area contributed by atoms with Gasteiger partial charge in [-0.2, -0.15) is 0 Å². The van der Waals surface area contributed by atoms with Crippen molar-refractivity contribution >= 4 is 11.8 Å². The van der Waals surface area contributed by atoms with Crippen molar-refractivity contribution < 1.29 is 9.59 Å². The smallest absolute Gasteiger partial charge is 0.227 e. The monoisotopic (exact) mass is 347 g/mol. The highest BCUT2D eigenvalue weighted by Crippen LogP contribution is 2.48. The number of rotatable bonds is 4. The van der Waals surface area contributed by atoms with Crippen molar-refractivity contribution in [3.05, 3.63) is 0 Å². The summed E-state index contributed by atoms with van der Waals surface area (Å²) in [5.74, 6) is 2.44. The van der Waals surface area contributed by atoms with Gasteiger partial charge in [0.15, 0.2) is 0 Å². The first-order valence-electron chi connectivity index (χ1n) is 10.5. The average Bonchev–Trinajstić information content (AvgIpc) is 3.37. The van der Waals surface area contributed by atoms with E-state index in [9.17, 15) is 9.59 Å². The predicted octanol–water partition coefficient (Wildman–Crippen LogP) is 2.00. The first kappa shape index (κ1) is 17.3. The summed E-state index contributed by atoms with van der Waals surface area (Å²) < 4.78 is 0. The molecule has 4 atom stereocenters. The van der Waals surface area contributed by atoms with Crippen LogP contribution >= 0.6 is 0 Å². The van der Waals surface area contributed by atoms with E-state index in [2.05, 4.69) is 0 Å². The van der Waals surface area contributed by atoms with Gasteiger partial charge in [-0.1, -0.05) is 25.7 Å². The maximum atomic E-state index is 12.9. The number of carbonyl (C=O) groups excluding carboxylic acids is 2. The molecule has 5 nitrogen and oxygen atoms in total. The van der Waals surface area contributed by atoms with Crippen LogP contribution in [0.4, 0.5) is 0 Å². The van der Waals surface area contributed by atoms with Crippen molar-refractivity contribution in [1.29, 1.82) is 0 Å². The fourth-order valence-electron chi connectivity index (χ4n) is 5.87. The molecular weight excluding hydrogens is 314 g/mol. The van der Waals surface area contributed by atoms with Crippen molar-refractivity contribution in [2.24, 2.45) is 29.4 Å². The van der Waals surface area contributed by atoms with Crippen LogP contribution in [0.5, 0.6) is 0 Å². The number of fused-ring (bicyclic) bond motifs is 2. The van der Waals surface area contributed by atoms with Crippen molar-refractivity contribution in [2.75, 3.05) is 26.2 Å². The van der Waals surface area contributed by atoms with Crippen LogP contribution in [0.15, 0.2) is 0 Å². The maximum Gasteiger partial charge on any atom is 0.227 e. The van der Waals surface area contributed by atoms with Crippen LogP contribution in [-0.2, 0) is 9.59 Å². The van der Waals surface area contributed by atoms with Gasteiger partial charge in [-0.15, -0.1) is 0 Å². The van der Waals surface area contributed by atoms with E-state index in [0.29, 0.717) is 44.4 Å². The maximum absolute atomic E-state index is 12.9. The minimum Gasteiger partial charge on any atom is -0.339 e. The Bertz CT molecular complexity index is 507. The SMILES string of the molecule is NC1C2CCC(C2)C1C(=O)N1CCN(C(=O)CCC2CCCC2)CC1. The number of carbonyl (C=O) groups is 2. The zero-order valence-corrected chi connectivity index (χ0v) is 15.4. The standard InChI is InChI=1S/C20H33N3O2/c21-19-16-7-6-15(13-16)18(19)20(25)23-11-9-22(10-12-23)17(24)8-5-14-3-1-2-4-14/h14-16,18-19H,1-13,21H2. The topological polar surface area (TPSA) is 66.6 Å². The van der Waals surface area contributed by atoms with Crippen LogP contribution in [0, 0.1) is 23.7 Å². The highest BCUT2D eigenvalue weighted by molar-refractivity contribution is 5.81. The minimum atomic E-state index is 0.0448. The lowest BCUT2D eigenvalue weighted by Gasteiger charge is -2.38. The van der Waals surface area contributed by atoms with Crippen LogP contribution in [-0.4, -0.2) is 53.8 Å². The Kier molecular flexibility index (Phi) is 5.03. The number of amides is 2. The van der Waals surface area contributed by atoms with E-state index in [4.69, 9.17) is 5.73 Å². The summed E-state index contributed by atoms with van der Waals surface area (Å²) in [5, 5.41) is 0. The Balaban J connectivity index is 1.24. The van der Waals surface area contributed by atoms with Gasteiger partial charge in [0.2, 0.25) is 11.8 Å². The summed E-state index contributed by atoms with van der Waals surface area (Å²) >= 11 is 0. The molecule has 0 aromatic heterocycles. The van der Waals surface area contributed by atoms with Gasteiger partial charge in [-0.25, -0.2) is 0 Å². The van der Waals surface area contributed by atoms with Gasteiger partial charge in [-0.3, -0.25) is 9.59 Å². The second-order valence-electron chi connectivity index (χ2n) is 8.83. The van der Waals surface area contributed by atoms with Gasteiger partial charge < -0.3 is 15.5 Å². The van der Waals surface area contributed by atoms with Gasteiger partial charge in [0.1, 0.15) is 0 Å². The zero-order valence-electron chi connectivity index (χ0n) is 15.4. The molecule has 140 valence electrons. The van der Waals surface area contributed by atoms with E-state index in [1.54, 1.807) is 0 Å². The molecule has 2 N–H and O–H groups in total. The van der Waals surface area contributed by atoms with E-state index in [0.717, 1.165) is 18.8 Å². The van der Waals surface area contributed by atoms with Gasteiger partial charge in [0.25, 0.3) is 0 Å². The molecule has 2 bridgehead atoms. The molecule has 0 aromatic carbocycles. The van der Waals surface area contributed by atoms with E-state index < -0.39 is 0 Å². The van der Waals surface area contributed by atoms with Gasteiger partial charge in [-0.05, 0) is 43.4 Å². The fraction of sp³-hybridized carbons (Fsp3) is 0.900. The first-order valence-corrected chi connectivity index (χ1v) is 10.5. The van der Waals surface area contributed by atoms with Crippen LogP contribution in [0.1, 0.15) is 57.8 Å². The Morgan fingerprint density at radius 3 is 2.16 bits per heavy atom. The summed E-state index contributed by atoms with van der Waals surface area (Å²) in [6, 6.07) is 0.0670. The molecule has 4 rings (SSSR count). The second-order valence-corrected chi connectivity index (χ2v) is 8.83. The molecule has 4 aliphatic rings. The van der Waals surface area contributed by atoms with E-state index in [1.165, 1.54) is 38.5 Å². The molecule has 5 heteroatoms. The van der Waals surface area contributed by atoms with E-state index in [-0.39, 0.29) is 23.8 Å². The Morgan fingerprint density at radius 2 is 1.52 bits per heavy atom. The van der Waals surface area contributed by atoms with Crippen molar-refractivity contribution in [2.45, 2.75) is 63.8 Å². The number of hydrogen-bond donors (Lipinski definition) is 1. The van der Waals surface area contributed by atoms with Gasteiger partial charge in [0, 0.05) is 38.6 Å². The predicted molar refractivity (Wildman–Crippen MR) is 96.6 cm³/mol. The molecule has 4 unspecified atom stereocenters. The summed E-state index contributed by atoms with van der Waals surface area (Å²) in [7, 11) is 0. The highest BCUT2D eigenvalue weighted by atomic mass is 16.2. The second kappa shape index (κ2) is 7.26. The summed E-state index contributed by atoms with van der Waals surface area (Å²) in [6.07, 6.45) is 10.6. The Hall–Kier alpha value is -1.10. The lowest BCUT2D eigenvalue weighted by atomic mass is 9.84. The molecule has 3 saturated carbocycles. The van der Waals surface area contributed by atoms with Crippen molar-refractivity contribution in [3.8, 4) is 0 Å². The van der Waals surface area contributed by atoms with Crippen LogP contribution < -0.4 is 5.73 Å². The van der Waals surface area contributed by atoms with Crippen LogP contribution in [0.3, 0.4) is 0 Å². The molecule has 1 saturated heterocycles. The number of piperazine rings is 1. The van der Waals surface area contributed by atoms with Crippen LogP contribution in [0.25, 0.3) is 0 Å². The lowest BCUT2D eigenvalue weighted by Crippen LogP contribution is -2.54. The van der Waals surface area contributed by atoms with E-state index >= 15 is 0 Å². The largest absolute Gasteiger partial charge is 0.339 e. The Morgan fingerprint density at radius 1 is 0.880 bits per heavy atom. The number of nitrogens with two attached hydrogens (primary N) is 1. The lowest BCUT2D eigenvalue weighted by molar-refractivity contribution is -0.143. The molecule has 0 aromatic rings. The molecule has 0 spiro atoms. The molecule has 1 aliphatic heterocycles. The minimum absolute atomic E-state index is 0.0448. The normalized spacial score (nSPS) is 35.6. The number of nitrogens with zero attached hydrogens (tertiary/aromatic N) is 2. The molecule has 0 radical (unpaired) electrons.